The molecule has 28 heavy (non-hydrogen) atoms. The van der Waals surface area contributed by atoms with Crippen molar-refractivity contribution in [2.24, 2.45) is 0 Å². The smallest absolute Gasteiger partial charge is 0.340 e. The van der Waals surface area contributed by atoms with Crippen LogP contribution in [0.25, 0.3) is 0 Å². The lowest BCUT2D eigenvalue weighted by Gasteiger charge is -2.12. The van der Waals surface area contributed by atoms with Gasteiger partial charge < -0.3 is 15.4 Å². The van der Waals surface area contributed by atoms with Crippen molar-refractivity contribution in [1.29, 1.82) is 0 Å². The summed E-state index contributed by atoms with van der Waals surface area (Å²) in [5.74, 6) is -0.968. The van der Waals surface area contributed by atoms with E-state index >= 15 is 0 Å². The molecule has 0 unspecified atom stereocenters. The molecule has 0 atom stereocenters. The third-order valence-electron chi connectivity index (χ3n) is 3.98. The van der Waals surface area contributed by atoms with Crippen molar-refractivity contribution in [3.8, 4) is 0 Å². The quantitative estimate of drug-likeness (QED) is 0.512. The molecule has 6 heteroatoms. The van der Waals surface area contributed by atoms with Crippen LogP contribution in [0.5, 0.6) is 0 Å². The monoisotopic (exact) mass is 438 g/mol. The number of aryl methyl sites for hydroxylation is 1. The Balaban J connectivity index is 1.61. The summed E-state index contributed by atoms with van der Waals surface area (Å²) in [6, 6.07) is 22.0. The van der Waals surface area contributed by atoms with Gasteiger partial charge >= 0.3 is 5.97 Å². The number of benzene rings is 3. The molecule has 0 aliphatic carbocycles. The Morgan fingerprint density at radius 3 is 2.39 bits per heavy atom. The van der Waals surface area contributed by atoms with Crippen LogP contribution >= 0.6 is 15.9 Å². The van der Waals surface area contributed by atoms with Gasteiger partial charge in [-0.2, -0.15) is 0 Å². The Hall–Kier alpha value is -3.12. The molecule has 1 amide bonds. The molecule has 0 saturated carbocycles. The molecule has 0 bridgehead atoms. The first-order valence-electron chi connectivity index (χ1n) is 8.67. The highest BCUT2D eigenvalue weighted by atomic mass is 79.9. The molecule has 3 aromatic carbocycles. The molecule has 0 aliphatic rings. The van der Waals surface area contributed by atoms with Gasteiger partial charge in [0.2, 0.25) is 0 Å². The number of ether oxygens (including phenoxy) is 1. The van der Waals surface area contributed by atoms with Crippen molar-refractivity contribution in [2.45, 2.75) is 6.92 Å². The van der Waals surface area contributed by atoms with Gasteiger partial charge in [0.1, 0.15) is 0 Å². The van der Waals surface area contributed by atoms with Crippen molar-refractivity contribution >= 4 is 44.9 Å². The topological polar surface area (TPSA) is 67.4 Å². The first-order valence-corrected chi connectivity index (χ1v) is 9.46. The van der Waals surface area contributed by atoms with Gasteiger partial charge in [0.15, 0.2) is 6.61 Å². The second kappa shape index (κ2) is 9.19. The summed E-state index contributed by atoms with van der Waals surface area (Å²) in [4.78, 5) is 24.6. The molecule has 0 fully saturated rings. The molecule has 5 nitrogen and oxygen atoms in total. The van der Waals surface area contributed by atoms with Crippen LogP contribution in [-0.2, 0) is 9.53 Å². The predicted molar refractivity (Wildman–Crippen MR) is 114 cm³/mol. The second-order valence-corrected chi connectivity index (χ2v) is 6.98. The molecule has 142 valence electrons. The maximum Gasteiger partial charge on any atom is 0.340 e. The molecule has 0 heterocycles. The third kappa shape index (κ3) is 5.20. The molecular weight excluding hydrogens is 420 g/mol. The number of halogens is 1. The lowest BCUT2D eigenvalue weighted by Crippen LogP contribution is -2.21. The van der Waals surface area contributed by atoms with Crippen LogP contribution in [0, 0.1) is 6.92 Å². The third-order valence-corrected chi connectivity index (χ3v) is 4.87. The minimum absolute atomic E-state index is 0.360. The number of nitrogens with one attached hydrogen (secondary N) is 2. The molecule has 0 aliphatic heterocycles. The summed E-state index contributed by atoms with van der Waals surface area (Å²) >= 11 is 3.41. The molecule has 0 spiro atoms. The normalized spacial score (nSPS) is 10.2. The fourth-order valence-electron chi connectivity index (χ4n) is 2.58. The van der Waals surface area contributed by atoms with E-state index < -0.39 is 11.9 Å². The van der Waals surface area contributed by atoms with E-state index in [1.807, 2.05) is 55.5 Å². The van der Waals surface area contributed by atoms with Crippen LogP contribution in [0.4, 0.5) is 17.1 Å². The van der Waals surface area contributed by atoms with Crippen LogP contribution in [0.2, 0.25) is 0 Å². The van der Waals surface area contributed by atoms with Crippen molar-refractivity contribution in [1.82, 2.24) is 0 Å². The number of rotatable bonds is 6. The fraction of sp³-hybridized carbons (Fsp3) is 0.0909. The van der Waals surface area contributed by atoms with Crippen LogP contribution in [0.1, 0.15) is 15.9 Å². The van der Waals surface area contributed by atoms with Gasteiger partial charge in [-0.25, -0.2) is 4.79 Å². The minimum Gasteiger partial charge on any atom is -0.452 e. The zero-order chi connectivity index (χ0) is 19.9. The van der Waals surface area contributed by atoms with Crippen molar-refractivity contribution < 1.29 is 14.3 Å². The second-order valence-electron chi connectivity index (χ2n) is 6.12. The van der Waals surface area contributed by atoms with Gasteiger partial charge in [-0.1, -0.05) is 46.3 Å². The average Bonchev–Trinajstić information content (AvgIpc) is 2.70. The van der Waals surface area contributed by atoms with E-state index in [1.54, 1.807) is 24.3 Å². The number of carbonyl (C=O) groups is 2. The first-order chi connectivity index (χ1) is 13.5. The number of esters is 1. The molecule has 0 aromatic heterocycles. The zero-order valence-electron chi connectivity index (χ0n) is 15.2. The Bertz CT molecular complexity index is 990. The first kappa shape index (κ1) is 19.6. The number of hydrogen-bond acceptors (Lipinski definition) is 4. The van der Waals surface area contributed by atoms with Gasteiger partial charge in [0, 0.05) is 15.8 Å². The lowest BCUT2D eigenvalue weighted by atomic mass is 10.1. The van der Waals surface area contributed by atoms with Gasteiger partial charge in [-0.3, -0.25) is 4.79 Å². The summed E-state index contributed by atoms with van der Waals surface area (Å²) in [5, 5.41) is 5.91. The molecule has 0 radical (unpaired) electrons. The Morgan fingerprint density at radius 1 is 0.929 bits per heavy atom. The Morgan fingerprint density at radius 2 is 1.64 bits per heavy atom. The van der Waals surface area contributed by atoms with E-state index in [-0.39, 0.29) is 6.61 Å². The molecule has 2 N–H and O–H groups in total. The van der Waals surface area contributed by atoms with Crippen LogP contribution in [-0.4, -0.2) is 18.5 Å². The van der Waals surface area contributed by atoms with E-state index in [1.165, 1.54) is 0 Å². The highest BCUT2D eigenvalue weighted by Crippen LogP contribution is 2.22. The van der Waals surface area contributed by atoms with E-state index in [9.17, 15) is 9.59 Å². The Kier molecular flexibility index (Phi) is 6.45. The maximum absolute atomic E-state index is 12.5. The summed E-state index contributed by atoms with van der Waals surface area (Å²) in [6.07, 6.45) is 0. The number of hydrogen-bond donors (Lipinski definition) is 2. The van der Waals surface area contributed by atoms with Crippen LogP contribution in [0.3, 0.4) is 0 Å². The van der Waals surface area contributed by atoms with Gasteiger partial charge in [-0.05, 0) is 55.0 Å². The number of carbonyl (C=O) groups excluding carboxylic acids is 2. The van der Waals surface area contributed by atoms with Gasteiger partial charge in [0.25, 0.3) is 5.91 Å². The fourth-order valence-corrected chi connectivity index (χ4v) is 2.82. The van der Waals surface area contributed by atoms with Crippen molar-refractivity contribution in [2.75, 3.05) is 17.2 Å². The minimum atomic E-state index is -0.568. The van der Waals surface area contributed by atoms with Crippen LogP contribution < -0.4 is 10.6 Å². The van der Waals surface area contributed by atoms with Crippen LogP contribution in [0.15, 0.2) is 77.3 Å². The van der Waals surface area contributed by atoms with Crippen molar-refractivity contribution in [3.05, 3.63) is 88.4 Å². The van der Waals surface area contributed by atoms with E-state index in [4.69, 9.17) is 4.74 Å². The summed E-state index contributed by atoms with van der Waals surface area (Å²) in [6.45, 7) is 1.56. The highest BCUT2D eigenvalue weighted by Gasteiger charge is 2.14. The predicted octanol–water partition coefficient (Wildman–Crippen LogP) is 5.30. The maximum atomic E-state index is 12.5. The standard InChI is InChI=1S/C22H19BrN2O3/c1-15-13-17(11-12-19(15)23)25-21(26)14-28-22(27)18-9-5-6-10-20(18)24-16-7-3-2-4-8-16/h2-13,24H,14H2,1H3,(H,25,26). The summed E-state index contributed by atoms with van der Waals surface area (Å²) in [7, 11) is 0. The van der Waals surface area contributed by atoms with Gasteiger partial charge in [0.05, 0.1) is 11.3 Å². The van der Waals surface area contributed by atoms with E-state index in [0.29, 0.717) is 16.9 Å². The molecule has 3 aromatic rings. The average molecular weight is 439 g/mol. The highest BCUT2D eigenvalue weighted by molar-refractivity contribution is 9.10. The number of para-hydroxylation sites is 2. The van der Waals surface area contributed by atoms with E-state index in [2.05, 4.69) is 26.6 Å². The molecule has 3 rings (SSSR count). The molecular formula is C22H19BrN2O3. The zero-order valence-corrected chi connectivity index (χ0v) is 16.8. The SMILES string of the molecule is Cc1cc(NC(=O)COC(=O)c2ccccc2Nc2ccccc2)ccc1Br. The largest absolute Gasteiger partial charge is 0.452 e. The number of amides is 1. The lowest BCUT2D eigenvalue weighted by molar-refractivity contribution is -0.119. The molecule has 0 saturated heterocycles. The van der Waals surface area contributed by atoms with E-state index in [0.717, 1.165) is 15.7 Å². The summed E-state index contributed by atoms with van der Waals surface area (Å²) in [5.41, 5.74) is 3.47. The Labute approximate surface area is 171 Å². The van der Waals surface area contributed by atoms with Gasteiger partial charge in [-0.15, -0.1) is 0 Å². The number of anilines is 3. The van der Waals surface area contributed by atoms with Crippen molar-refractivity contribution in [3.63, 3.8) is 0 Å². The summed E-state index contributed by atoms with van der Waals surface area (Å²) < 4.78 is 6.15.